The molecule has 31 heavy (non-hydrogen) atoms. The maximum absolute atomic E-state index is 11.9. The Balaban J connectivity index is 1.97. The van der Waals surface area contributed by atoms with Gasteiger partial charge in [-0.05, 0) is 13.8 Å². The van der Waals surface area contributed by atoms with Crippen molar-refractivity contribution < 1.29 is 18.0 Å². The Labute approximate surface area is 181 Å². The van der Waals surface area contributed by atoms with Crippen LogP contribution in [0.4, 0.5) is 5.82 Å². The van der Waals surface area contributed by atoms with Crippen LogP contribution < -0.4 is 9.79 Å². The number of carbonyl (C=O) groups is 1. The van der Waals surface area contributed by atoms with Crippen LogP contribution in [0.5, 0.6) is 0 Å². The first-order valence-electron chi connectivity index (χ1n) is 9.65. The number of amides is 1. The highest BCUT2D eigenvalue weighted by atomic mass is 32.2. The van der Waals surface area contributed by atoms with Crippen LogP contribution in [0, 0.1) is 0 Å². The van der Waals surface area contributed by atoms with Crippen molar-refractivity contribution in [3.63, 3.8) is 0 Å². The molecule has 162 valence electrons. The summed E-state index contributed by atoms with van der Waals surface area (Å²) in [6.07, 6.45) is 2.48. The zero-order valence-corrected chi connectivity index (χ0v) is 18.3. The largest absolute Gasteiger partial charge is 0.271 e. The molecule has 0 bridgehead atoms. The lowest BCUT2D eigenvalue weighted by Crippen LogP contribution is -2.38. The molecule has 0 aliphatic rings. The Morgan fingerprint density at radius 3 is 2.06 bits per heavy atom. The third-order valence-corrected chi connectivity index (χ3v) is 4.78. The molecule has 0 saturated carbocycles. The number of nitrogens with zero attached hydrogens (tertiary/aromatic N) is 3. The summed E-state index contributed by atoms with van der Waals surface area (Å²) in [6, 6.07) is 19.2. The summed E-state index contributed by atoms with van der Waals surface area (Å²) in [6.45, 7) is 3.25. The molecular weight excluding hydrogens is 416 g/mol. The SMILES string of the molecule is CC(C)N(OCC(=O)NS(C)(=O)=O)c1cnc(-c2ccccc2)c(-c2ccccc2)n1. The highest BCUT2D eigenvalue weighted by Gasteiger charge is 2.20. The van der Waals surface area contributed by atoms with Gasteiger partial charge < -0.3 is 0 Å². The number of anilines is 1. The predicted molar refractivity (Wildman–Crippen MR) is 119 cm³/mol. The van der Waals surface area contributed by atoms with Gasteiger partial charge >= 0.3 is 0 Å². The number of benzene rings is 2. The van der Waals surface area contributed by atoms with Crippen molar-refractivity contribution in [3.8, 4) is 22.5 Å². The molecule has 3 rings (SSSR count). The van der Waals surface area contributed by atoms with E-state index in [0.29, 0.717) is 17.2 Å². The van der Waals surface area contributed by atoms with Crippen molar-refractivity contribution in [2.24, 2.45) is 0 Å². The van der Waals surface area contributed by atoms with Gasteiger partial charge in [0.1, 0.15) is 0 Å². The van der Waals surface area contributed by atoms with Gasteiger partial charge in [-0.2, -0.15) is 0 Å². The molecule has 3 aromatic rings. The van der Waals surface area contributed by atoms with E-state index in [4.69, 9.17) is 9.82 Å². The van der Waals surface area contributed by atoms with Gasteiger partial charge in [-0.1, -0.05) is 60.7 Å². The van der Waals surface area contributed by atoms with Crippen LogP contribution in [0.15, 0.2) is 66.9 Å². The molecule has 0 saturated heterocycles. The van der Waals surface area contributed by atoms with Gasteiger partial charge in [0, 0.05) is 11.1 Å². The van der Waals surface area contributed by atoms with Crippen LogP contribution >= 0.6 is 0 Å². The highest BCUT2D eigenvalue weighted by Crippen LogP contribution is 2.30. The molecule has 0 aliphatic heterocycles. The Bertz CT molecular complexity index is 1140. The number of hydrogen-bond acceptors (Lipinski definition) is 7. The number of nitrogens with one attached hydrogen (secondary N) is 1. The Morgan fingerprint density at radius 2 is 1.55 bits per heavy atom. The maximum Gasteiger partial charge on any atom is 0.262 e. The number of hydrogen-bond donors (Lipinski definition) is 1. The van der Waals surface area contributed by atoms with Crippen LogP contribution in [-0.4, -0.2) is 43.2 Å². The molecule has 0 spiro atoms. The molecule has 1 N–H and O–H groups in total. The van der Waals surface area contributed by atoms with E-state index in [1.54, 1.807) is 6.20 Å². The van der Waals surface area contributed by atoms with Gasteiger partial charge in [0.25, 0.3) is 5.91 Å². The first kappa shape index (κ1) is 22.4. The third kappa shape index (κ3) is 6.09. The molecule has 2 aromatic carbocycles. The van der Waals surface area contributed by atoms with Crippen LogP contribution in [0.3, 0.4) is 0 Å². The van der Waals surface area contributed by atoms with Crippen molar-refractivity contribution in [3.05, 3.63) is 66.9 Å². The average molecular weight is 441 g/mol. The van der Waals surface area contributed by atoms with E-state index < -0.39 is 22.5 Å². The second-order valence-corrected chi connectivity index (χ2v) is 8.90. The van der Waals surface area contributed by atoms with Crippen LogP contribution in [0.25, 0.3) is 22.5 Å². The topological polar surface area (TPSA) is 101 Å². The summed E-state index contributed by atoms with van der Waals surface area (Å²) in [5.74, 6) is -0.369. The quantitative estimate of drug-likeness (QED) is 0.537. The van der Waals surface area contributed by atoms with Crippen molar-refractivity contribution in [1.29, 1.82) is 0 Å². The van der Waals surface area contributed by atoms with Crippen LogP contribution in [0.1, 0.15) is 13.8 Å². The van der Waals surface area contributed by atoms with Gasteiger partial charge in [-0.25, -0.2) is 18.5 Å². The molecule has 0 unspecified atom stereocenters. The minimum atomic E-state index is -3.66. The van der Waals surface area contributed by atoms with E-state index in [1.807, 2.05) is 79.2 Å². The van der Waals surface area contributed by atoms with Gasteiger partial charge in [0.2, 0.25) is 10.0 Å². The number of carbonyl (C=O) groups excluding carboxylic acids is 1. The second-order valence-electron chi connectivity index (χ2n) is 7.15. The van der Waals surface area contributed by atoms with Crippen molar-refractivity contribution in [2.75, 3.05) is 17.9 Å². The molecule has 0 radical (unpaired) electrons. The fourth-order valence-corrected chi connectivity index (χ4v) is 3.41. The van der Waals surface area contributed by atoms with E-state index in [-0.39, 0.29) is 6.04 Å². The smallest absolute Gasteiger partial charge is 0.262 e. The first-order chi connectivity index (χ1) is 14.7. The zero-order valence-electron chi connectivity index (χ0n) is 17.5. The monoisotopic (exact) mass is 440 g/mol. The minimum absolute atomic E-state index is 0.188. The summed E-state index contributed by atoms with van der Waals surface area (Å²) in [7, 11) is -3.66. The van der Waals surface area contributed by atoms with E-state index in [1.165, 1.54) is 5.06 Å². The van der Waals surface area contributed by atoms with Gasteiger partial charge in [0.15, 0.2) is 12.4 Å². The lowest BCUT2D eigenvalue weighted by atomic mass is 10.0. The number of sulfonamides is 1. The lowest BCUT2D eigenvalue weighted by molar-refractivity contribution is -0.124. The fourth-order valence-electron chi connectivity index (χ4n) is 2.93. The molecule has 0 aliphatic carbocycles. The molecule has 0 fully saturated rings. The standard InChI is InChI=1S/C22H24N4O4S/c1-16(2)26(30-15-20(27)25-31(3,28)29)19-14-23-21(17-10-6-4-7-11-17)22(24-19)18-12-8-5-9-13-18/h4-14,16H,15H2,1-3H3,(H,25,27). The molecule has 1 heterocycles. The second kappa shape index (κ2) is 9.67. The Kier molecular flexibility index (Phi) is 6.98. The molecule has 1 aromatic heterocycles. The van der Waals surface area contributed by atoms with Crippen molar-refractivity contribution in [1.82, 2.24) is 14.7 Å². The number of rotatable bonds is 8. The van der Waals surface area contributed by atoms with Crippen LogP contribution in [-0.2, 0) is 19.7 Å². The van der Waals surface area contributed by atoms with Crippen molar-refractivity contribution >= 4 is 21.7 Å². The lowest BCUT2D eigenvalue weighted by Gasteiger charge is -2.26. The Hall–Kier alpha value is -3.30. The first-order valence-corrected chi connectivity index (χ1v) is 11.5. The van der Waals surface area contributed by atoms with E-state index in [0.717, 1.165) is 17.4 Å². The molecular formula is C22H24N4O4S. The van der Waals surface area contributed by atoms with Gasteiger partial charge in [-0.15, -0.1) is 0 Å². The predicted octanol–water partition coefficient (Wildman–Crippen LogP) is 3.03. The van der Waals surface area contributed by atoms with E-state index in [2.05, 4.69) is 4.98 Å². The summed E-state index contributed by atoms with van der Waals surface area (Å²) in [5, 5.41) is 1.44. The molecule has 0 atom stereocenters. The van der Waals surface area contributed by atoms with Gasteiger partial charge in [0.05, 0.1) is 29.9 Å². The normalized spacial score (nSPS) is 11.4. The Morgan fingerprint density at radius 1 is 1.00 bits per heavy atom. The maximum atomic E-state index is 11.9. The average Bonchev–Trinajstić information content (AvgIpc) is 2.73. The number of hydroxylamine groups is 1. The zero-order chi connectivity index (χ0) is 22.4. The van der Waals surface area contributed by atoms with E-state index in [9.17, 15) is 13.2 Å². The molecule has 9 heteroatoms. The highest BCUT2D eigenvalue weighted by molar-refractivity contribution is 7.89. The fraction of sp³-hybridized carbons (Fsp3) is 0.227. The summed E-state index contributed by atoms with van der Waals surface area (Å²) in [5.41, 5.74) is 3.19. The molecule has 8 nitrogen and oxygen atoms in total. The number of aromatic nitrogens is 2. The summed E-state index contributed by atoms with van der Waals surface area (Å²) >= 11 is 0. The van der Waals surface area contributed by atoms with Gasteiger partial charge in [-0.3, -0.25) is 19.3 Å². The third-order valence-electron chi connectivity index (χ3n) is 4.18. The summed E-state index contributed by atoms with van der Waals surface area (Å²) in [4.78, 5) is 26.9. The van der Waals surface area contributed by atoms with Crippen molar-refractivity contribution in [2.45, 2.75) is 19.9 Å². The minimum Gasteiger partial charge on any atom is -0.271 e. The summed E-state index contributed by atoms with van der Waals surface area (Å²) < 4.78 is 24.4. The van der Waals surface area contributed by atoms with E-state index >= 15 is 0 Å². The van der Waals surface area contributed by atoms with Crippen LogP contribution in [0.2, 0.25) is 0 Å². The molecule has 1 amide bonds.